The molecule has 1 amide bonds. The molecular weight excluding hydrogens is 312 g/mol. The van der Waals surface area contributed by atoms with Crippen LogP contribution in [0.2, 0.25) is 0 Å². The highest BCUT2D eigenvalue weighted by molar-refractivity contribution is 9.10. The van der Waals surface area contributed by atoms with E-state index in [1.165, 1.54) is 0 Å². The van der Waals surface area contributed by atoms with Crippen LogP contribution in [0.25, 0.3) is 0 Å². The molecule has 1 aromatic heterocycles. The molecule has 0 bridgehead atoms. The van der Waals surface area contributed by atoms with Gasteiger partial charge in [-0.1, -0.05) is 0 Å². The first-order valence-electron chi connectivity index (χ1n) is 5.76. The molecule has 1 atom stereocenters. The number of carbonyl (C=O) groups is 2. The molecule has 5 nitrogen and oxygen atoms in total. The van der Waals surface area contributed by atoms with Crippen LogP contribution in [0.15, 0.2) is 22.8 Å². The van der Waals surface area contributed by atoms with Gasteiger partial charge in [0.25, 0.3) is 0 Å². The number of pyridine rings is 1. The van der Waals surface area contributed by atoms with E-state index in [1.807, 2.05) is 0 Å². The molecule has 19 heavy (non-hydrogen) atoms. The van der Waals surface area contributed by atoms with E-state index in [2.05, 4.69) is 26.2 Å². The van der Waals surface area contributed by atoms with Gasteiger partial charge in [0, 0.05) is 10.7 Å². The molecule has 1 heterocycles. The molecule has 0 saturated carbocycles. The summed E-state index contributed by atoms with van der Waals surface area (Å²) < 4.78 is 5.93. The number of ether oxygens (including phenoxy) is 1. The summed E-state index contributed by atoms with van der Waals surface area (Å²) in [5, 5.41) is 2.53. The van der Waals surface area contributed by atoms with E-state index >= 15 is 0 Å². The summed E-state index contributed by atoms with van der Waals surface area (Å²) in [6, 6.07) is 3.41. The Morgan fingerprint density at radius 3 is 2.42 bits per heavy atom. The number of rotatable bonds is 3. The number of alkyl carbamates (subject to hydrolysis) is 1. The molecule has 1 rings (SSSR count). The smallest absolute Gasteiger partial charge is 0.408 e. The third kappa shape index (κ3) is 4.63. The van der Waals surface area contributed by atoms with Gasteiger partial charge in [-0.2, -0.15) is 0 Å². The van der Waals surface area contributed by atoms with Gasteiger partial charge >= 0.3 is 6.09 Å². The zero-order chi connectivity index (χ0) is 14.7. The molecule has 0 aliphatic carbocycles. The van der Waals surface area contributed by atoms with Crippen LogP contribution in [0.4, 0.5) is 4.79 Å². The molecule has 0 radical (unpaired) electrons. The lowest BCUT2D eigenvalue weighted by molar-refractivity contribution is -0.113. The number of aldehydes is 1. The highest BCUT2D eigenvalue weighted by Gasteiger charge is 2.31. The van der Waals surface area contributed by atoms with Crippen LogP contribution < -0.4 is 5.32 Å². The summed E-state index contributed by atoms with van der Waals surface area (Å²) >= 11 is 3.26. The van der Waals surface area contributed by atoms with Crippen molar-refractivity contribution in [2.45, 2.75) is 38.8 Å². The molecule has 1 N–H and O–H groups in total. The Hall–Kier alpha value is -1.43. The Morgan fingerprint density at radius 1 is 1.37 bits per heavy atom. The average Bonchev–Trinajstić information content (AvgIpc) is 2.26. The second-order valence-electron chi connectivity index (χ2n) is 5.31. The minimum absolute atomic E-state index is 0.441. The van der Waals surface area contributed by atoms with E-state index in [0.717, 1.165) is 4.47 Å². The molecule has 6 heteroatoms. The Morgan fingerprint density at radius 2 is 2.00 bits per heavy atom. The molecule has 0 aliphatic heterocycles. The van der Waals surface area contributed by atoms with Crippen molar-refractivity contribution >= 4 is 28.3 Å². The van der Waals surface area contributed by atoms with E-state index in [-0.39, 0.29) is 0 Å². The molecule has 0 saturated heterocycles. The van der Waals surface area contributed by atoms with Crippen molar-refractivity contribution < 1.29 is 14.3 Å². The van der Waals surface area contributed by atoms with Gasteiger partial charge in [0.1, 0.15) is 11.1 Å². The lowest BCUT2D eigenvalue weighted by Gasteiger charge is -2.27. The van der Waals surface area contributed by atoms with Crippen molar-refractivity contribution in [2.75, 3.05) is 0 Å². The first-order valence-corrected chi connectivity index (χ1v) is 6.55. The summed E-state index contributed by atoms with van der Waals surface area (Å²) in [5.41, 5.74) is -1.40. The van der Waals surface area contributed by atoms with Crippen molar-refractivity contribution in [1.82, 2.24) is 10.3 Å². The van der Waals surface area contributed by atoms with Gasteiger partial charge < -0.3 is 14.8 Å². The lowest BCUT2D eigenvalue weighted by atomic mass is 9.99. The Kier molecular flexibility index (Phi) is 4.68. The summed E-state index contributed by atoms with van der Waals surface area (Å²) in [6.45, 7) is 6.83. The van der Waals surface area contributed by atoms with Gasteiger partial charge in [0.15, 0.2) is 6.29 Å². The Bertz CT molecular complexity index is 468. The van der Waals surface area contributed by atoms with E-state index in [1.54, 1.807) is 46.0 Å². The van der Waals surface area contributed by atoms with Gasteiger partial charge in [-0.05, 0) is 55.8 Å². The van der Waals surface area contributed by atoms with E-state index in [4.69, 9.17) is 4.74 Å². The SMILES string of the molecule is CC(C)(C)OC(=O)NC(C)(C=O)c1ccc(Br)cn1. The highest BCUT2D eigenvalue weighted by Crippen LogP contribution is 2.19. The summed E-state index contributed by atoms with van der Waals surface area (Å²) in [7, 11) is 0. The van der Waals surface area contributed by atoms with Crippen LogP contribution in [-0.2, 0) is 15.1 Å². The third-order valence-electron chi connectivity index (χ3n) is 2.26. The number of amides is 1. The summed E-state index contributed by atoms with van der Waals surface area (Å²) in [5.74, 6) is 0. The summed E-state index contributed by atoms with van der Waals surface area (Å²) in [4.78, 5) is 27.2. The molecule has 0 aromatic carbocycles. The van der Waals surface area contributed by atoms with Crippen molar-refractivity contribution in [3.05, 3.63) is 28.5 Å². The van der Waals surface area contributed by atoms with Gasteiger partial charge in [-0.25, -0.2) is 4.79 Å². The fourth-order valence-corrected chi connectivity index (χ4v) is 1.59. The van der Waals surface area contributed by atoms with E-state index < -0.39 is 17.2 Å². The van der Waals surface area contributed by atoms with Crippen molar-refractivity contribution in [2.24, 2.45) is 0 Å². The topological polar surface area (TPSA) is 68.3 Å². The predicted molar refractivity (Wildman–Crippen MR) is 74.7 cm³/mol. The number of hydrogen-bond donors (Lipinski definition) is 1. The quantitative estimate of drug-likeness (QED) is 0.866. The number of hydrogen-bond acceptors (Lipinski definition) is 4. The number of carbonyl (C=O) groups excluding carboxylic acids is 2. The largest absolute Gasteiger partial charge is 0.444 e. The van der Waals surface area contributed by atoms with Crippen molar-refractivity contribution in [3.8, 4) is 0 Å². The first kappa shape index (κ1) is 15.6. The monoisotopic (exact) mass is 328 g/mol. The van der Waals surface area contributed by atoms with Crippen LogP contribution >= 0.6 is 15.9 Å². The van der Waals surface area contributed by atoms with Crippen molar-refractivity contribution in [1.29, 1.82) is 0 Å². The zero-order valence-corrected chi connectivity index (χ0v) is 12.9. The predicted octanol–water partition coefficient (Wildman–Crippen LogP) is 2.78. The second-order valence-corrected chi connectivity index (χ2v) is 6.22. The van der Waals surface area contributed by atoms with Gasteiger partial charge in [-0.3, -0.25) is 4.98 Å². The molecule has 0 fully saturated rings. The Labute approximate surface area is 120 Å². The maximum absolute atomic E-state index is 11.7. The van der Waals surface area contributed by atoms with Crippen LogP contribution in [0.3, 0.4) is 0 Å². The number of nitrogens with one attached hydrogen (secondary N) is 1. The maximum atomic E-state index is 11.7. The number of nitrogens with zero attached hydrogens (tertiary/aromatic N) is 1. The number of aromatic nitrogens is 1. The zero-order valence-electron chi connectivity index (χ0n) is 11.4. The van der Waals surface area contributed by atoms with Crippen LogP contribution in [0.1, 0.15) is 33.4 Å². The van der Waals surface area contributed by atoms with E-state index in [9.17, 15) is 9.59 Å². The lowest BCUT2D eigenvalue weighted by Crippen LogP contribution is -2.47. The van der Waals surface area contributed by atoms with E-state index in [0.29, 0.717) is 12.0 Å². The van der Waals surface area contributed by atoms with Gasteiger partial charge in [0.2, 0.25) is 0 Å². The van der Waals surface area contributed by atoms with Crippen LogP contribution in [0, 0.1) is 0 Å². The molecule has 1 aromatic rings. The fraction of sp³-hybridized carbons (Fsp3) is 0.462. The van der Waals surface area contributed by atoms with Crippen molar-refractivity contribution in [3.63, 3.8) is 0 Å². The number of halogens is 1. The fourth-order valence-electron chi connectivity index (χ4n) is 1.35. The molecular formula is C13H17BrN2O3. The second kappa shape index (κ2) is 5.69. The molecule has 0 aliphatic rings. The standard InChI is InChI=1S/C13H17BrN2O3/c1-12(2,3)19-11(18)16-13(4,8-17)10-6-5-9(14)7-15-10/h5-8H,1-4H3,(H,16,18). The summed E-state index contributed by atoms with van der Waals surface area (Å²) in [6.07, 6.45) is 1.54. The maximum Gasteiger partial charge on any atom is 0.408 e. The Balaban J connectivity index is 2.89. The first-order chi connectivity index (χ1) is 8.66. The van der Waals surface area contributed by atoms with Gasteiger partial charge in [-0.15, -0.1) is 0 Å². The third-order valence-corrected chi connectivity index (χ3v) is 2.72. The molecule has 104 valence electrons. The van der Waals surface area contributed by atoms with Crippen LogP contribution in [-0.4, -0.2) is 23.0 Å². The molecule has 1 unspecified atom stereocenters. The highest BCUT2D eigenvalue weighted by atomic mass is 79.9. The normalized spacial score (nSPS) is 14.4. The minimum Gasteiger partial charge on any atom is -0.444 e. The van der Waals surface area contributed by atoms with Crippen LogP contribution in [0.5, 0.6) is 0 Å². The minimum atomic E-state index is -1.22. The van der Waals surface area contributed by atoms with Gasteiger partial charge in [0.05, 0.1) is 5.69 Å². The average molecular weight is 329 g/mol. The molecule has 0 spiro atoms.